The summed E-state index contributed by atoms with van der Waals surface area (Å²) in [5.74, 6) is 1.54. The number of rotatable bonds is 8. The fourth-order valence-electron chi connectivity index (χ4n) is 3.08. The first kappa shape index (κ1) is 22.2. The summed E-state index contributed by atoms with van der Waals surface area (Å²) in [6, 6.07) is 5.55. The van der Waals surface area contributed by atoms with Crippen molar-refractivity contribution in [3.05, 3.63) is 23.8 Å². The van der Waals surface area contributed by atoms with Crippen molar-refractivity contribution in [1.82, 2.24) is 15.1 Å². The highest BCUT2D eigenvalue weighted by molar-refractivity contribution is 8.01. The van der Waals surface area contributed by atoms with E-state index in [2.05, 4.69) is 5.32 Å². The van der Waals surface area contributed by atoms with E-state index in [9.17, 15) is 9.59 Å². The molecule has 28 heavy (non-hydrogen) atoms. The van der Waals surface area contributed by atoms with E-state index in [0.29, 0.717) is 13.1 Å². The van der Waals surface area contributed by atoms with E-state index in [0.717, 1.165) is 23.5 Å². The first-order valence-corrected chi connectivity index (χ1v) is 10.5. The molecule has 1 heterocycles. The number of ether oxygens (including phenoxy) is 2. The Morgan fingerprint density at radius 2 is 2.04 bits per heavy atom. The lowest BCUT2D eigenvalue weighted by molar-refractivity contribution is -0.130. The molecule has 1 aliphatic heterocycles. The molecule has 2 atom stereocenters. The zero-order valence-corrected chi connectivity index (χ0v) is 18.3. The van der Waals surface area contributed by atoms with Gasteiger partial charge in [0.05, 0.1) is 19.5 Å². The highest BCUT2D eigenvalue weighted by Crippen LogP contribution is 2.47. The monoisotopic (exact) mass is 409 g/mol. The topological polar surface area (TPSA) is 71.1 Å². The third-order valence-corrected chi connectivity index (χ3v) is 6.27. The summed E-state index contributed by atoms with van der Waals surface area (Å²) in [6.07, 6.45) is 0.756. The molecule has 0 radical (unpaired) electrons. The van der Waals surface area contributed by atoms with E-state index < -0.39 is 0 Å². The Bertz CT molecular complexity index is 698. The minimum atomic E-state index is -0.177. The summed E-state index contributed by atoms with van der Waals surface area (Å²) in [7, 11) is 4.98. The normalized spacial score (nSPS) is 19.1. The smallest absolute Gasteiger partial charge is 0.317 e. The maximum Gasteiger partial charge on any atom is 0.317 e. The molecule has 0 saturated carbocycles. The molecular weight excluding hydrogens is 378 g/mol. The van der Waals surface area contributed by atoms with Crippen LogP contribution in [0.15, 0.2) is 18.2 Å². The van der Waals surface area contributed by atoms with Gasteiger partial charge in [-0.25, -0.2) is 4.79 Å². The summed E-state index contributed by atoms with van der Waals surface area (Å²) in [4.78, 5) is 28.6. The van der Waals surface area contributed by atoms with Gasteiger partial charge in [0.15, 0.2) is 0 Å². The number of hydrogen-bond donors (Lipinski definition) is 1. The Morgan fingerprint density at radius 3 is 2.61 bits per heavy atom. The van der Waals surface area contributed by atoms with Gasteiger partial charge in [0.25, 0.3) is 0 Å². The highest BCUT2D eigenvalue weighted by atomic mass is 32.2. The molecule has 0 aromatic heterocycles. The van der Waals surface area contributed by atoms with Crippen LogP contribution < -0.4 is 14.8 Å². The average molecular weight is 410 g/mol. The molecule has 1 aromatic carbocycles. The van der Waals surface area contributed by atoms with Crippen LogP contribution >= 0.6 is 11.8 Å². The number of urea groups is 1. The van der Waals surface area contributed by atoms with Crippen molar-refractivity contribution in [2.75, 3.05) is 34.4 Å². The van der Waals surface area contributed by atoms with Crippen LogP contribution in [-0.2, 0) is 4.79 Å². The van der Waals surface area contributed by atoms with Gasteiger partial charge in [0.1, 0.15) is 16.9 Å². The molecule has 8 heteroatoms. The van der Waals surface area contributed by atoms with Gasteiger partial charge >= 0.3 is 6.03 Å². The summed E-state index contributed by atoms with van der Waals surface area (Å²) < 4.78 is 10.9. The van der Waals surface area contributed by atoms with Crippen molar-refractivity contribution in [2.45, 2.75) is 43.9 Å². The fourth-order valence-corrected chi connectivity index (χ4v) is 4.52. The van der Waals surface area contributed by atoms with Gasteiger partial charge < -0.3 is 24.6 Å². The first-order valence-electron chi connectivity index (χ1n) is 9.51. The van der Waals surface area contributed by atoms with E-state index in [1.165, 1.54) is 0 Å². The molecule has 2 rings (SSSR count). The van der Waals surface area contributed by atoms with Gasteiger partial charge in [0, 0.05) is 31.7 Å². The molecule has 0 bridgehead atoms. The second-order valence-corrected chi connectivity index (χ2v) is 8.34. The SMILES string of the molecule is CC[C@@H]1S[C@H](c2cc(OC)ccc2OC)N(CCN(C)C(=O)NC(C)C)C1=O. The number of likely N-dealkylation sites (N-methyl/N-ethyl adjacent to an activating group) is 1. The predicted octanol–water partition coefficient (Wildman–Crippen LogP) is 3.11. The number of benzene rings is 1. The van der Waals surface area contributed by atoms with Crippen LogP contribution in [0.3, 0.4) is 0 Å². The molecule has 1 N–H and O–H groups in total. The minimum absolute atomic E-state index is 0.0668. The van der Waals surface area contributed by atoms with Crippen LogP contribution in [0.4, 0.5) is 4.79 Å². The number of thioether (sulfide) groups is 1. The zero-order valence-electron chi connectivity index (χ0n) is 17.5. The van der Waals surface area contributed by atoms with Crippen molar-refractivity contribution < 1.29 is 19.1 Å². The molecule has 1 fully saturated rings. The Labute approximate surface area is 171 Å². The maximum absolute atomic E-state index is 12.9. The number of nitrogens with one attached hydrogen (secondary N) is 1. The molecule has 1 aliphatic rings. The van der Waals surface area contributed by atoms with Crippen LogP contribution in [0.25, 0.3) is 0 Å². The van der Waals surface area contributed by atoms with E-state index in [-0.39, 0.29) is 28.6 Å². The van der Waals surface area contributed by atoms with E-state index in [1.54, 1.807) is 37.9 Å². The van der Waals surface area contributed by atoms with Gasteiger partial charge in [-0.2, -0.15) is 0 Å². The van der Waals surface area contributed by atoms with Crippen LogP contribution in [0.1, 0.15) is 38.1 Å². The number of hydrogen-bond acceptors (Lipinski definition) is 5. The molecular formula is C20H31N3O4S. The maximum atomic E-state index is 12.9. The molecule has 3 amide bonds. The average Bonchev–Trinajstić information content (AvgIpc) is 3.00. The summed E-state index contributed by atoms with van der Waals surface area (Å²) >= 11 is 1.62. The lowest BCUT2D eigenvalue weighted by Crippen LogP contribution is -2.44. The molecule has 0 unspecified atom stereocenters. The van der Waals surface area contributed by atoms with Gasteiger partial charge in [-0.1, -0.05) is 6.92 Å². The summed E-state index contributed by atoms with van der Waals surface area (Å²) in [5, 5.41) is 2.59. The molecule has 0 aliphatic carbocycles. The molecule has 156 valence electrons. The number of nitrogens with zero attached hydrogens (tertiary/aromatic N) is 2. The van der Waals surface area contributed by atoms with Crippen molar-refractivity contribution in [3.8, 4) is 11.5 Å². The van der Waals surface area contributed by atoms with E-state index >= 15 is 0 Å². The number of methoxy groups -OCH3 is 2. The minimum Gasteiger partial charge on any atom is -0.497 e. The summed E-state index contributed by atoms with van der Waals surface area (Å²) in [6.45, 7) is 6.76. The second-order valence-electron chi connectivity index (χ2n) is 7.05. The van der Waals surface area contributed by atoms with Gasteiger partial charge in [-0.05, 0) is 38.5 Å². The van der Waals surface area contributed by atoms with Crippen LogP contribution in [0.2, 0.25) is 0 Å². The molecule has 1 saturated heterocycles. The highest BCUT2D eigenvalue weighted by Gasteiger charge is 2.41. The zero-order chi connectivity index (χ0) is 20.8. The Hall–Kier alpha value is -2.09. The van der Waals surface area contributed by atoms with E-state index in [4.69, 9.17) is 9.47 Å². The van der Waals surface area contributed by atoms with Crippen molar-refractivity contribution in [2.24, 2.45) is 0 Å². The fraction of sp³-hybridized carbons (Fsp3) is 0.600. The number of amides is 3. The Morgan fingerprint density at radius 1 is 1.32 bits per heavy atom. The number of carbonyl (C=O) groups is 2. The standard InChI is InChI=1S/C20H31N3O4S/c1-7-17-18(24)23(11-10-22(4)20(25)21-13(2)3)19(28-17)15-12-14(26-5)8-9-16(15)27-6/h8-9,12-13,17,19H,7,10-11H2,1-6H3,(H,21,25)/t17-,19+/m0/s1. The molecule has 0 spiro atoms. The van der Waals surface area contributed by atoms with Gasteiger partial charge in [0.2, 0.25) is 5.91 Å². The first-order chi connectivity index (χ1) is 13.3. The molecule has 1 aromatic rings. The Kier molecular flexibility index (Phi) is 7.86. The van der Waals surface area contributed by atoms with Crippen LogP contribution in [0, 0.1) is 0 Å². The third kappa shape index (κ3) is 5.04. The number of carbonyl (C=O) groups excluding carboxylic acids is 2. The van der Waals surface area contributed by atoms with Gasteiger partial charge in [-0.3, -0.25) is 4.79 Å². The van der Waals surface area contributed by atoms with Crippen LogP contribution in [-0.4, -0.2) is 67.4 Å². The molecule has 7 nitrogen and oxygen atoms in total. The quantitative estimate of drug-likeness (QED) is 0.714. The predicted molar refractivity (Wildman–Crippen MR) is 112 cm³/mol. The second kappa shape index (κ2) is 9.91. The Balaban J connectivity index is 2.23. The van der Waals surface area contributed by atoms with Crippen molar-refractivity contribution >= 4 is 23.7 Å². The summed E-state index contributed by atoms with van der Waals surface area (Å²) in [5.41, 5.74) is 0.908. The largest absolute Gasteiger partial charge is 0.497 e. The van der Waals surface area contributed by atoms with Crippen molar-refractivity contribution in [1.29, 1.82) is 0 Å². The lowest BCUT2D eigenvalue weighted by atomic mass is 10.1. The van der Waals surface area contributed by atoms with Gasteiger partial charge in [-0.15, -0.1) is 11.8 Å². The third-order valence-electron chi connectivity index (χ3n) is 4.64. The van der Waals surface area contributed by atoms with E-state index in [1.807, 2.05) is 43.9 Å². The van der Waals surface area contributed by atoms with Crippen molar-refractivity contribution in [3.63, 3.8) is 0 Å². The lowest BCUT2D eigenvalue weighted by Gasteiger charge is -2.28. The van der Waals surface area contributed by atoms with Crippen LogP contribution in [0.5, 0.6) is 11.5 Å².